The molecule has 4 nitrogen and oxygen atoms in total. The largest absolute Gasteiger partial charge is 0.351 e. The van der Waals surface area contributed by atoms with Crippen LogP contribution in [0.2, 0.25) is 5.02 Å². The lowest BCUT2D eigenvalue weighted by Crippen LogP contribution is -2.22. The number of pyridine rings is 1. The Labute approximate surface area is 147 Å². The number of nitrogens with zero attached hydrogens (tertiary/aromatic N) is 1. The highest BCUT2D eigenvalue weighted by Crippen LogP contribution is 2.48. The maximum atomic E-state index is 12.4. The van der Waals surface area contributed by atoms with Gasteiger partial charge in [-0.15, -0.1) is 0 Å². The average molecular weight is 396 g/mol. The Morgan fingerprint density at radius 3 is 2.91 bits per heavy atom. The molecule has 120 valence electrons. The molecule has 0 aliphatic heterocycles. The van der Waals surface area contributed by atoms with Crippen molar-refractivity contribution in [2.24, 2.45) is 5.92 Å². The van der Waals surface area contributed by atoms with E-state index in [1.165, 1.54) is 0 Å². The van der Waals surface area contributed by atoms with E-state index < -0.39 is 0 Å². The molecule has 6 heteroatoms. The van der Waals surface area contributed by atoms with Crippen LogP contribution in [0.1, 0.15) is 24.8 Å². The lowest BCUT2D eigenvalue weighted by molar-refractivity contribution is -0.117. The van der Waals surface area contributed by atoms with Crippen molar-refractivity contribution in [1.82, 2.24) is 4.57 Å². The van der Waals surface area contributed by atoms with Gasteiger partial charge in [0.1, 0.15) is 5.69 Å². The van der Waals surface area contributed by atoms with Gasteiger partial charge in [-0.25, -0.2) is 0 Å². The van der Waals surface area contributed by atoms with Crippen LogP contribution in [-0.4, -0.2) is 10.5 Å². The van der Waals surface area contributed by atoms with Gasteiger partial charge >= 0.3 is 0 Å². The molecule has 23 heavy (non-hydrogen) atoms. The third-order valence-electron chi connectivity index (χ3n) is 4.06. The summed E-state index contributed by atoms with van der Waals surface area (Å²) in [4.78, 5) is 24.5. The maximum Gasteiger partial charge on any atom is 0.228 e. The Morgan fingerprint density at radius 1 is 1.43 bits per heavy atom. The summed E-state index contributed by atoms with van der Waals surface area (Å²) in [6.07, 6.45) is 4.16. The zero-order valence-electron chi connectivity index (χ0n) is 12.6. The van der Waals surface area contributed by atoms with Crippen LogP contribution >= 0.6 is 27.5 Å². The summed E-state index contributed by atoms with van der Waals surface area (Å²) in [5.74, 6) is -0.0518. The van der Waals surface area contributed by atoms with E-state index in [9.17, 15) is 9.59 Å². The molecule has 0 unspecified atom stereocenters. The smallest absolute Gasteiger partial charge is 0.228 e. The van der Waals surface area contributed by atoms with Crippen molar-refractivity contribution in [2.75, 3.05) is 5.32 Å². The fourth-order valence-electron chi connectivity index (χ4n) is 2.68. The first-order chi connectivity index (χ1) is 11.0. The van der Waals surface area contributed by atoms with E-state index in [-0.39, 0.29) is 23.2 Å². The average Bonchev–Trinajstić information content (AvgIpc) is 3.32. The quantitative estimate of drug-likeness (QED) is 0.850. The van der Waals surface area contributed by atoms with Crippen molar-refractivity contribution in [3.05, 3.63) is 61.9 Å². The summed E-state index contributed by atoms with van der Waals surface area (Å²) in [6.45, 7) is 2.69. The van der Waals surface area contributed by atoms with Crippen LogP contribution < -0.4 is 10.7 Å². The van der Waals surface area contributed by atoms with Gasteiger partial charge in [-0.1, -0.05) is 23.7 Å². The van der Waals surface area contributed by atoms with Crippen molar-refractivity contribution < 1.29 is 4.79 Å². The number of aromatic nitrogens is 1. The zero-order chi connectivity index (χ0) is 16.6. The minimum absolute atomic E-state index is 0.109. The normalized spacial score (nSPS) is 19.4. The number of hydrogen-bond acceptors (Lipinski definition) is 2. The Kier molecular flexibility index (Phi) is 4.60. The van der Waals surface area contributed by atoms with E-state index >= 15 is 0 Å². The minimum Gasteiger partial charge on any atom is -0.351 e. The Balaban J connectivity index is 1.74. The van der Waals surface area contributed by atoms with Crippen molar-refractivity contribution >= 4 is 39.1 Å². The van der Waals surface area contributed by atoms with Crippen molar-refractivity contribution in [3.63, 3.8) is 0 Å². The van der Waals surface area contributed by atoms with Gasteiger partial charge in [0.2, 0.25) is 11.3 Å². The number of nitrogens with one attached hydrogen (secondary N) is 1. The summed E-state index contributed by atoms with van der Waals surface area (Å²) in [7, 11) is 0. The van der Waals surface area contributed by atoms with Gasteiger partial charge in [0.15, 0.2) is 0 Å². The first-order valence-electron chi connectivity index (χ1n) is 7.45. The second-order valence-corrected chi connectivity index (χ2v) is 6.96. The van der Waals surface area contributed by atoms with Crippen molar-refractivity contribution in [2.45, 2.75) is 25.8 Å². The summed E-state index contributed by atoms with van der Waals surface area (Å²) >= 11 is 9.23. The fraction of sp³-hybridized carbons (Fsp3) is 0.294. The molecule has 2 atom stereocenters. The Bertz CT molecular complexity index is 818. The number of carbonyl (C=O) groups is 1. The summed E-state index contributed by atoms with van der Waals surface area (Å²) in [5, 5.41) is 3.44. The number of hydrogen-bond donors (Lipinski definition) is 1. The molecule has 1 fully saturated rings. The van der Waals surface area contributed by atoms with Gasteiger partial charge in [-0.3, -0.25) is 9.59 Å². The van der Waals surface area contributed by atoms with Crippen LogP contribution in [0.4, 0.5) is 5.69 Å². The second-order valence-electron chi connectivity index (χ2n) is 5.67. The summed E-state index contributed by atoms with van der Waals surface area (Å²) in [6, 6.07) is 7.58. The van der Waals surface area contributed by atoms with Crippen molar-refractivity contribution in [3.8, 4) is 0 Å². The maximum absolute atomic E-state index is 12.4. The molecule has 1 N–H and O–H groups in total. The molecule has 0 bridgehead atoms. The van der Waals surface area contributed by atoms with E-state index in [2.05, 4.69) is 21.2 Å². The van der Waals surface area contributed by atoms with Crippen LogP contribution in [0.15, 0.2) is 45.9 Å². The van der Waals surface area contributed by atoms with Gasteiger partial charge in [-0.2, -0.15) is 0 Å². The molecule has 1 saturated carbocycles. The van der Waals surface area contributed by atoms with Crippen LogP contribution in [0.5, 0.6) is 0 Å². The molecule has 1 aliphatic carbocycles. The molecule has 1 aromatic carbocycles. The van der Waals surface area contributed by atoms with E-state index in [4.69, 9.17) is 11.6 Å². The molecular weight excluding hydrogens is 380 g/mol. The molecule has 0 spiro atoms. The molecule has 1 heterocycles. The van der Waals surface area contributed by atoms with Gasteiger partial charge < -0.3 is 9.88 Å². The number of carbonyl (C=O) groups excluding carboxylic acids is 1. The lowest BCUT2D eigenvalue weighted by Gasteiger charge is -2.09. The van der Waals surface area contributed by atoms with Gasteiger partial charge in [-0.05, 0) is 52.9 Å². The van der Waals surface area contributed by atoms with E-state index in [1.807, 2.05) is 35.8 Å². The van der Waals surface area contributed by atoms with Gasteiger partial charge in [0, 0.05) is 29.9 Å². The standard InChI is InChI=1S/C17H16BrClN2O2/c1-2-21-8-14(18)16(22)15(9-21)20-17(23)13-7-12(13)10-4-3-5-11(19)6-10/h3-6,8-9,12-13H,2,7H2,1H3,(H,20,23)/t12-,13+/m0/s1. The number of benzene rings is 1. The first-order valence-corrected chi connectivity index (χ1v) is 8.62. The topological polar surface area (TPSA) is 51.1 Å². The Hall–Kier alpha value is -1.59. The van der Waals surface area contributed by atoms with Crippen LogP contribution in [0.3, 0.4) is 0 Å². The molecule has 1 aromatic heterocycles. The lowest BCUT2D eigenvalue weighted by atomic mass is 10.1. The van der Waals surface area contributed by atoms with E-state index in [0.717, 1.165) is 18.5 Å². The highest BCUT2D eigenvalue weighted by molar-refractivity contribution is 9.10. The number of aryl methyl sites for hydroxylation is 1. The second kappa shape index (κ2) is 6.49. The third-order valence-corrected chi connectivity index (χ3v) is 4.86. The number of rotatable bonds is 4. The molecular formula is C17H16BrClN2O2. The van der Waals surface area contributed by atoms with Gasteiger partial charge in [0.25, 0.3) is 0 Å². The first kappa shape index (κ1) is 16.3. The minimum atomic E-state index is -0.206. The molecule has 2 aromatic rings. The summed E-state index contributed by atoms with van der Waals surface area (Å²) in [5.41, 5.74) is 1.17. The van der Waals surface area contributed by atoms with Gasteiger partial charge in [0.05, 0.1) is 4.47 Å². The van der Waals surface area contributed by atoms with Crippen LogP contribution in [0.25, 0.3) is 0 Å². The monoisotopic (exact) mass is 394 g/mol. The highest BCUT2D eigenvalue weighted by Gasteiger charge is 2.44. The van der Waals surface area contributed by atoms with Crippen molar-refractivity contribution in [1.29, 1.82) is 0 Å². The molecule has 1 amide bonds. The number of anilines is 1. The van der Waals surface area contributed by atoms with E-state index in [0.29, 0.717) is 15.2 Å². The molecule has 1 aliphatic rings. The molecule has 0 saturated heterocycles. The van der Waals surface area contributed by atoms with Crippen LogP contribution in [0, 0.1) is 5.92 Å². The van der Waals surface area contributed by atoms with E-state index in [1.54, 1.807) is 12.4 Å². The highest BCUT2D eigenvalue weighted by atomic mass is 79.9. The summed E-state index contributed by atoms with van der Waals surface area (Å²) < 4.78 is 2.29. The van der Waals surface area contributed by atoms with Crippen LogP contribution in [-0.2, 0) is 11.3 Å². The zero-order valence-corrected chi connectivity index (χ0v) is 14.9. The number of halogens is 2. The fourth-order valence-corrected chi connectivity index (χ4v) is 3.36. The third kappa shape index (κ3) is 3.51. The number of amides is 1. The Morgan fingerprint density at radius 2 is 2.22 bits per heavy atom. The SMILES string of the molecule is CCn1cc(Br)c(=O)c(NC(=O)[C@@H]2C[C@H]2c2cccc(Cl)c2)c1. The predicted octanol–water partition coefficient (Wildman–Crippen LogP) is 4.03. The molecule has 3 rings (SSSR count). The predicted molar refractivity (Wildman–Crippen MR) is 95.0 cm³/mol. The molecule has 0 radical (unpaired) electrons.